The summed E-state index contributed by atoms with van der Waals surface area (Å²) >= 11 is 0. The van der Waals surface area contributed by atoms with Gasteiger partial charge in [0.2, 0.25) is 0 Å². The first-order valence-electron chi connectivity index (χ1n) is 7.48. The summed E-state index contributed by atoms with van der Waals surface area (Å²) in [6.45, 7) is 15.4. The predicted octanol–water partition coefficient (Wildman–Crippen LogP) is 3.13. The Labute approximate surface area is 108 Å². The summed E-state index contributed by atoms with van der Waals surface area (Å²) in [6.07, 6.45) is 4.01. The molecule has 2 nitrogen and oxygen atoms in total. The van der Waals surface area contributed by atoms with Crippen LogP contribution in [-0.2, 0) is 0 Å². The van der Waals surface area contributed by atoms with Crippen molar-refractivity contribution in [1.29, 1.82) is 0 Å². The molecule has 1 N–H and O–H groups in total. The van der Waals surface area contributed by atoms with E-state index in [1.54, 1.807) is 0 Å². The zero-order chi connectivity index (χ0) is 12.8. The van der Waals surface area contributed by atoms with E-state index in [2.05, 4.69) is 44.8 Å². The summed E-state index contributed by atoms with van der Waals surface area (Å²) in [7, 11) is 0. The lowest BCUT2D eigenvalue weighted by molar-refractivity contribution is 0.178. The van der Waals surface area contributed by atoms with Gasteiger partial charge in [0.1, 0.15) is 0 Å². The molecule has 1 saturated heterocycles. The zero-order valence-electron chi connectivity index (χ0n) is 12.5. The molecule has 0 aliphatic carbocycles. The van der Waals surface area contributed by atoms with Gasteiger partial charge in [0.25, 0.3) is 0 Å². The Balaban J connectivity index is 2.44. The zero-order valence-corrected chi connectivity index (χ0v) is 12.5. The van der Waals surface area contributed by atoms with Crippen LogP contribution in [0.15, 0.2) is 0 Å². The van der Waals surface area contributed by atoms with Crippen molar-refractivity contribution in [3.05, 3.63) is 0 Å². The Morgan fingerprint density at radius 3 is 2.41 bits per heavy atom. The minimum absolute atomic E-state index is 0.680. The molecule has 102 valence electrons. The van der Waals surface area contributed by atoms with Crippen molar-refractivity contribution in [3.8, 4) is 0 Å². The molecule has 1 aliphatic heterocycles. The molecule has 2 unspecified atom stereocenters. The quantitative estimate of drug-likeness (QED) is 0.794. The molecule has 0 aromatic heterocycles. The van der Waals surface area contributed by atoms with E-state index in [0.717, 1.165) is 17.9 Å². The highest BCUT2D eigenvalue weighted by atomic mass is 15.2. The van der Waals surface area contributed by atoms with E-state index in [0.29, 0.717) is 6.04 Å². The lowest BCUT2D eigenvalue weighted by Gasteiger charge is -2.32. The number of nitrogens with one attached hydrogen (secondary N) is 1. The highest BCUT2D eigenvalue weighted by Crippen LogP contribution is 2.16. The van der Waals surface area contributed by atoms with Crippen LogP contribution in [0, 0.1) is 11.8 Å². The maximum atomic E-state index is 3.69. The van der Waals surface area contributed by atoms with Crippen molar-refractivity contribution in [2.45, 2.75) is 66.0 Å². The molecule has 1 heterocycles. The maximum Gasteiger partial charge on any atom is 0.0218 e. The van der Waals surface area contributed by atoms with Crippen molar-refractivity contribution in [1.82, 2.24) is 10.2 Å². The molecule has 0 saturated carbocycles. The average Bonchev–Trinajstić information content (AvgIpc) is 2.51. The van der Waals surface area contributed by atoms with Crippen molar-refractivity contribution in [3.63, 3.8) is 0 Å². The smallest absolute Gasteiger partial charge is 0.0218 e. The van der Waals surface area contributed by atoms with Crippen molar-refractivity contribution in [2.75, 3.05) is 19.6 Å². The topological polar surface area (TPSA) is 15.3 Å². The molecule has 2 heteroatoms. The third-order valence-electron chi connectivity index (χ3n) is 4.05. The van der Waals surface area contributed by atoms with Gasteiger partial charge in [-0.25, -0.2) is 0 Å². The Morgan fingerprint density at radius 1 is 1.12 bits per heavy atom. The summed E-state index contributed by atoms with van der Waals surface area (Å²) in [5, 5.41) is 3.69. The molecule has 0 aromatic rings. The van der Waals surface area contributed by atoms with Crippen LogP contribution in [0.3, 0.4) is 0 Å². The minimum Gasteiger partial charge on any atom is -0.312 e. The van der Waals surface area contributed by atoms with E-state index in [1.165, 1.54) is 38.9 Å². The monoisotopic (exact) mass is 240 g/mol. The van der Waals surface area contributed by atoms with Crippen LogP contribution < -0.4 is 5.32 Å². The predicted molar refractivity (Wildman–Crippen MR) is 76.4 cm³/mol. The Bertz CT molecular complexity index is 201. The van der Waals surface area contributed by atoms with Crippen LogP contribution in [0.4, 0.5) is 0 Å². The van der Waals surface area contributed by atoms with Gasteiger partial charge in [-0.1, -0.05) is 27.7 Å². The summed E-state index contributed by atoms with van der Waals surface area (Å²) in [4.78, 5) is 2.70. The van der Waals surface area contributed by atoms with Crippen molar-refractivity contribution >= 4 is 0 Å². The normalized spacial score (nSPS) is 25.2. The third-order valence-corrected chi connectivity index (χ3v) is 4.05. The van der Waals surface area contributed by atoms with Gasteiger partial charge in [0.05, 0.1) is 0 Å². The van der Waals surface area contributed by atoms with Gasteiger partial charge in [0.15, 0.2) is 0 Å². The minimum atomic E-state index is 0.680. The lowest BCUT2D eigenvalue weighted by atomic mass is 10.0. The second-order valence-corrected chi connectivity index (χ2v) is 6.47. The molecular weight excluding hydrogens is 208 g/mol. The molecule has 0 bridgehead atoms. The number of nitrogens with zero attached hydrogens (tertiary/aromatic N) is 1. The van der Waals surface area contributed by atoms with Crippen LogP contribution in [0.2, 0.25) is 0 Å². The number of hydrogen-bond donors (Lipinski definition) is 1. The molecule has 0 spiro atoms. The molecule has 0 radical (unpaired) electrons. The van der Waals surface area contributed by atoms with Crippen LogP contribution >= 0.6 is 0 Å². The fourth-order valence-electron chi connectivity index (χ4n) is 2.58. The largest absolute Gasteiger partial charge is 0.312 e. The molecule has 0 amide bonds. The van der Waals surface area contributed by atoms with Gasteiger partial charge in [-0.15, -0.1) is 0 Å². The number of rotatable bonds is 5. The first-order chi connectivity index (χ1) is 8.00. The van der Waals surface area contributed by atoms with Gasteiger partial charge in [-0.3, -0.25) is 4.90 Å². The first kappa shape index (κ1) is 15.0. The third kappa shape index (κ3) is 5.39. The number of hydrogen-bond acceptors (Lipinski definition) is 2. The molecular formula is C15H32N2. The van der Waals surface area contributed by atoms with E-state index in [-0.39, 0.29) is 0 Å². The van der Waals surface area contributed by atoms with E-state index in [1.807, 2.05) is 0 Å². The summed E-state index contributed by atoms with van der Waals surface area (Å²) in [5.41, 5.74) is 0. The SMILES string of the molecule is CC(C)CCC(C)N1CCCNC(C(C)C)C1. The molecule has 1 rings (SSSR count). The van der Waals surface area contributed by atoms with E-state index < -0.39 is 0 Å². The van der Waals surface area contributed by atoms with Gasteiger partial charge in [-0.05, 0) is 51.1 Å². The van der Waals surface area contributed by atoms with Gasteiger partial charge >= 0.3 is 0 Å². The highest BCUT2D eigenvalue weighted by molar-refractivity contribution is 4.81. The Hall–Kier alpha value is -0.0800. The Kier molecular flexibility index (Phi) is 6.50. The van der Waals surface area contributed by atoms with E-state index in [4.69, 9.17) is 0 Å². The van der Waals surface area contributed by atoms with Gasteiger partial charge in [-0.2, -0.15) is 0 Å². The van der Waals surface area contributed by atoms with Crippen LogP contribution in [0.5, 0.6) is 0 Å². The molecule has 17 heavy (non-hydrogen) atoms. The van der Waals surface area contributed by atoms with Gasteiger partial charge in [0, 0.05) is 18.6 Å². The fraction of sp³-hybridized carbons (Fsp3) is 1.00. The van der Waals surface area contributed by atoms with Crippen molar-refractivity contribution < 1.29 is 0 Å². The Morgan fingerprint density at radius 2 is 1.82 bits per heavy atom. The molecule has 1 fully saturated rings. The fourth-order valence-corrected chi connectivity index (χ4v) is 2.58. The molecule has 1 aliphatic rings. The van der Waals surface area contributed by atoms with Crippen LogP contribution in [0.1, 0.15) is 53.9 Å². The first-order valence-corrected chi connectivity index (χ1v) is 7.48. The highest BCUT2D eigenvalue weighted by Gasteiger charge is 2.23. The average molecular weight is 240 g/mol. The van der Waals surface area contributed by atoms with E-state index >= 15 is 0 Å². The van der Waals surface area contributed by atoms with E-state index in [9.17, 15) is 0 Å². The second-order valence-electron chi connectivity index (χ2n) is 6.47. The molecule has 0 aromatic carbocycles. The summed E-state index contributed by atoms with van der Waals surface area (Å²) in [6, 6.07) is 1.43. The van der Waals surface area contributed by atoms with Gasteiger partial charge < -0.3 is 5.32 Å². The standard InChI is InChI=1S/C15H32N2/c1-12(2)7-8-14(5)17-10-6-9-16-15(11-17)13(3)4/h12-16H,6-11H2,1-5H3. The van der Waals surface area contributed by atoms with Crippen molar-refractivity contribution in [2.24, 2.45) is 11.8 Å². The summed E-state index contributed by atoms with van der Waals surface area (Å²) in [5.74, 6) is 1.58. The lowest BCUT2D eigenvalue weighted by Crippen LogP contribution is -2.44. The second kappa shape index (κ2) is 7.38. The van der Waals surface area contributed by atoms with Crippen LogP contribution in [-0.4, -0.2) is 36.6 Å². The van der Waals surface area contributed by atoms with Crippen LogP contribution in [0.25, 0.3) is 0 Å². The summed E-state index contributed by atoms with van der Waals surface area (Å²) < 4.78 is 0. The molecule has 2 atom stereocenters. The maximum absolute atomic E-state index is 3.69.